The number of hydrogen-bond acceptors (Lipinski definition) is 6. The Kier molecular flexibility index (Phi) is 6.43. The average Bonchev–Trinajstić information content (AvgIpc) is 2.73. The van der Waals surface area contributed by atoms with Crippen molar-refractivity contribution in [3.05, 3.63) is 72.2 Å². The van der Waals surface area contributed by atoms with Gasteiger partial charge in [-0.05, 0) is 17.7 Å². The molecular formula is C20H21N5O2. The number of hydrogen-bond donors (Lipinski definition) is 2. The lowest BCUT2D eigenvalue weighted by Gasteiger charge is -2.11. The van der Waals surface area contributed by atoms with Crippen molar-refractivity contribution in [1.82, 2.24) is 20.3 Å². The number of amides is 1. The quantitative estimate of drug-likeness (QED) is 0.598. The van der Waals surface area contributed by atoms with E-state index in [-0.39, 0.29) is 5.91 Å². The number of rotatable bonds is 8. The van der Waals surface area contributed by atoms with Crippen LogP contribution in [0, 0.1) is 0 Å². The van der Waals surface area contributed by atoms with Crippen molar-refractivity contribution in [2.45, 2.75) is 6.54 Å². The SMILES string of the molecule is COCCNC(=O)c1cc(NCc2ccncc2)nc(-c2ccccc2)n1. The van der Waals surface area contributed by atoms with E-state index in [1.54, 1.807) is 25.6 Å². The van der Waals surface area contributed by atoms with Gasteiger partial charge in [0, 0.05) is 44.2 Å². The Bertz CT molecular complexity index is 872. The second-order valence-electron chi connectivity index (χ2n) is 5.79. The molecule has 7 nitrogen and oxygen atoms in total. The molecular weight excluding hydrogens is 342 g/mol. The predicted octanol–water partition coefficient (Wildman–Crippen LogP) is 2.53. The van der Waals surface area contributed by atoms with E-state index in [0.717, 1.165) is 11.1 Å². The third-order valence-electron chi connectivity index (χ3n) is 3.81. The van der Waals surface area contributed by atoms with Gasteiger partial charge in [-0.15, -0.1) is 0 Å². The minimum atomic E-state index is -0.265. The smallest absolute Gasteiger partial charge is 0.270 e. The van der Waals surface area contributed by atoms with Crippen molar-refractivity contribution in [1.29, 1.82) is 0 Å². The molecule has 2 heterocycles. The highest BCUT2D eigenvalue weighted by Crippen LogP contribution is 2.18. The van der Waals surface area contributed by atoms with Gasteiger partial charge < -0.3 is 15.4 Å². The molecule has 0 saturated carbocycles. The van der Waals surface area contributed by atoms with Crippen LogP contribution >= 0.6 is 0 Å². The van der Waals surface area contributed by atoms with Gasteiger partial charge in [-0.2, -0.15) is 0 Å². The number of anilines is 1. The van der Waals surface area contributed by atoms with Crippen LogP contribution in [-0.2, 0) is 11.3 Å². The molecule has 0 spiro atoms. The molecule has 1 amide bonds. The molecule has 0 fully saturated rings. The maximum Gasteiger partial charge on any atom is 0.270 e. The topological polar surface area (TPSA) is 89.0 Å². The number of benzene rings is 1. The largest absolute Gasteiger partial charge is 0.383 e. The molecule has 1 aromatic carbocycles. The van der Waals surface area contributed by atoms with Gasteiger partial charge in [-0.1, -0.05) is 30.3 Å². The monoisotopic (exact) mass is 363 g/mol. The molecule has 3 rings (SSSR count). The highest BCUT2D eigenvalue weighted by molar-refractivity contribution is 5.93. The summed E-state index contributed by atoms with van der Waals surface area (Å²) in [4.78, 5) is 25.4. The molecule has 0 aliphatic carbocycles. The van der Waals surface area contributed by atoms with E-state index in [1.807, 2.05) is 42.5 Å². The molecule has 2 N–H and O–H groups in total. The van der Waals surface area contributed by atoms with E-state index in [9.17, 15) is 4.79 Å². The van der Waals surface area contributed by atoms with E-state index >= 15 is 0 Å². The normalized spacial score (nSPS) is 10.4. The minimum absolute atomic E-state index is 0.265. The van der Waals surface area contributed by atoms with Crippen LogP contribution in [0.5, 0.6) is 0 Å². The summed E-state index contributed by atoms with van der Waals surface area (Å²) in [6.07, 6.45) is 3.47. The zero-order chi connectivity index (χ0) is 18.9. The van der Waals surface area contributed by atoms with Crippen LogP contribution in [0.3, 0.4) is 0 Å². The molecule has 0 aliphatic rings. The van der Waals surface area contributed by atoms with Gasteiger partial charge in [0.15, 0.2) is 5.82 Å². The average molecular weight is 363 g/mol. The third-order valence-corrected chi connectivity index (χ3v) is 3.81. The standard InChI is InChI=1S/C20H21N5O2/c1-27-12-11-22-20(26)17-13-18(23-14-15-7-9-21-10-8-15)25-19(24-17)16-5-3-2-4-6-16/h2-10,13H,11-12,14H2,1H3,(H,22,26)(H,23,24,25). The van der Waals surface area contributed by atoms with Crippen molar-refractivity contribution in [2.24, 2.45) is 0 Å². The molecule has 0 bridgehead atoms. The Morgan fingerprint density at radius 3 is 2.59 bits per heavy atom. The Balaban J connectivity index is 1.84. The lowest BCUT2D eigenvalue weighted by atomic mass is 10.2. The fourth-order valence-electron chi connectivity index (χ4n) is 2.42. The summed E-state index contributed by atoms with van der Waals surface area (Å²) in [7, 11) is 1.59. The van der Waals surface area contributed by atoms with Crippen molar-refractivity contribution >= 4 is 11.7 Å². The van der Waals surface area contributed by atoms with Crippen molar-refractivity contribution in [2.75, 3.05) is 25.6 Å². The number of ether oxygens (including phenoxy) is 1. The summed E-state index contributed by atoms with van der Waals surface area (Å²) in [5, 5.41) is 6.04. The molecule has 3 aromatic rings. The lowest BCUT2D eigenvalue weighted by Crippen LogP contribution is -2.28. The van der Waals surface area contributed by atoms with Crippen LogP contribution in [-0.4, -0.2) is 41.1 Å². The van der Waals surface area contributed by atoms with Gasteiger partial charge in [0.25, 0.3) is 5.91 Å². The van der Waals surface area contributed by atoms with E-state index in [4.69, 9.17) is 4.74 Å². The first-order valence-electron chi connectivity index (χ1n) is 8.60. The Morgan fingerprint density at radius 1 is 1.07 bits per heavy atom. The van der Waals surface area contributed by atoms with E-state index in [0.29, 0.717) is 37.0 Å². The highest BCUT2D eigenvalue weighted by Gasteiger charge is 2.13. The van der Waals surface area contributed by atoms with Gasteiger partial charge in [0.2, 0.25) is 0 Å². The number of carbonyl (C=O) groups excluding carboxylic acids is 1. The van der Waals surface area contributed by atoms with Crippen LogP contribution in [0.15, 0.2) is 60.9 Å². The first kappa shape index (κ1) is 18.5. The Labute approximate surface area is 157 Å². The van der Waals surface area contributed by atoms with Crippen molar-refractivity contribution in [3.8, 4) is 11.4 Å². The number of carbonyl (C=O) groups is 1. The van der Waals surface area contributed by atoms with Gasteiger partial charge >= 0.3 is 0 Å². The second-order valence-corrected chi connectivity index (χ2v) is 5.79. The fourth-order valence-corrected chi connectivity index (χ4v) is 2.42. The summed E-state index contributed by atoms with van der Waals surface area (Å²) in [6, 6.07) is 15.1. The van der Waals surface area contributed by atoms with Crippen LogP contribution in [0.2, 0.25) is 0 Å². The Morgan fingerprint density at radius 2 is 1.85 bits per heavy atom. The lowest BCUT2D eigenvalue weighted by molar-refractivity contribution is 0.0932. The first-order chi connectivity index (χ1) is 13.3. The zero-order valence-electron chi connectivity index (χ0n) is 15.1. The number of nitrogens with one attached hydrogen (secondary N) is 2. The van der Waals surface area contributed by atoms with Crippen LogP contribution in [0.1, 0.15) is 16.1 Å². The summed E-state index contributed by atoms with van der Waals surface area (Å²) in [5.41, 5.74) is 2.21. The van der Waals surface area contributed by atoms with E-state index in [2.05, 4.69) is 25.6 Å². The summed E-state index contributed by atoms with van der Waals surface area (Å²) >= 11 is 0. The zero-order valence-corrected chi connectivity index (χ0v) is 15.1. The van der Waals surface area contributed by atoms with Crippen LogP contribution in [0.4, 0.5) is 5.82 Å². The molecule has 0 radical (unpaired) electrons. The van der Waals surface area contributed by atoms with Gasteiger partial charge in [0.05, 0.1) is 6.61 Å². The van der Waals surface area contributed by atoms with Crippen LogP contribution in [0.25, 0.3) is 11.4 Å². The maximum atomic E-state index is 12.4. The molecule has 0 unspecified atom stereocenters. The molecule has 27 heavy (non-hydrogen) atoms. The number of pyridine rings is 1. The predicted molar refractivity (Wildman–Crippen MR) is 103 cm³/mol. The van der Waals surface area contributed by atoms with E-state index in [1.165, 1.54) is 0 Å². The van der Waals surface area contributed by atoms with E-state index < -0.39 is 0 Å². The van der Waals surface area contributed by atoms with Gasteiger partial charge in [0.1, 0.15) is 11.5 Å². The third kappa shape index (κ3) is 5.32. The van der Waals surface area contributed by atoms with Crippen molar-refractivity contribution < 1.29 is 9.53 Å². The van der Waals surface area contributed by atoms with Crippen LogP contribution < -0.4 is 10.6 Å². The molecule has 138 valence electrons. The fraction of sp³-hybridized carbons (Fsp3) is 0.200. The summed E-state index contributed by atoms with van der Waals surface area (Å²) in [5.74, 6) is 0.809. The Hall–Kier alpha value is -3.32. The maximum absolute atomic E-state index is 12.4. The first-order valence-corrected chi connectivity index (χ1v) is 8.60. The minimum Gasteiger partial charge on any atom is -0.383 e. The molecule has 2 aromatic heterocycles. The highest BCUT2D eigenvalue weighted by atomic mass is 16.5. The number of nitrogens with zero attached hydrogens (tertiary/aromatic N) is 3. The molecule has 0 aliphatic heterocycles. The summed E-state index contributed by atoms with van der Waals surface area (Å²) in [6.45, 7) is 1.42. The number of aromatic nitrogens is 3. The van der Waals surface area contributed by atoms with Crippen molar-refractivity contribution in [3.63, 3.8) is 0 Å². The molecule has 0 atom stereocenters. The second kappa shape index (κ2) is 9.40. The molecule has 0 saturated heterocycles. The van der Waals surface area contributed by atoms with Gasteiger partial charge in [-0.3, -0.25) is 9.78 Å². The molecule has 7 heteroatoms. The van der Waals surface area contributed by atoms with Gasteiger partial charge in [-0.25, -0.2) is 9.97 Å². The number of methoxy groups -OCH3 is 1. The summed E-state index contributed by atoms with van der Waals surface area (Å²) < 4.78 is 4.97.